The van der Waals surface area contributed by atoms with Gasteiger partial charge in [0, 0.05) is 23.4 Å². The number of rotatable bonds is 7. The molecule has 1 amide bonds. The van der Waals surface area contributed by atoms with Crippen LogP contribution in [-0.4, -0.2) is 32.4 Å². The molecule has 2 N–H and O–H groups in total. The number of sulfonamides is 1. The molecule has 2 rings (SSSR count). The number of hydrogen-bond acceptors (Lipinski definition) is 4. The summed E-state index contributed by atoms with van der Waals surface area (Å²) in [6, 6.07) is 5.02. The van der Waals surface area contributed by atoms with Gasteiger partial charge in [-0.1, -0.05) is 13.0 Å². The van der Waals surface area contributed by atoms with Gasteiger partial charge in [0.15, 0.2) is 0 Å². The summed E-state index contributed by atoms with van der Waals surface area (Å²) in [5.74, 6) is 0.507. The summed E-state index contributed by atoms with van der Waals surface area (Å²) in [6.07, 6.45) is 3.73. The summed E-state index contributed by atoms with van der Waals surface area (Å²) >= 11 is 1.61. The van der Waals surface area contributed by atoms with Gasteiger partial charge in [0.2, 0.25) is 15.9 Å². The van der Waals surface area contributed by atoms with Crippen molar-refractivity contribution >= 4 is 33.4 Å². The Kier molecular flexibility index (Phi) is 5.52. The van der Waals surface area contributed by atoms with E-state index in [0.29, 0.717) is 11.3 Å². The average molecular weight is 342 g/mol. The fraction of sp³-hybridized carbons (Fsp3) is 0.533. The van der Waals surface area contributed by atoms with Crippen LogP contribution >= 0.6 is 11.8 Å². The molecular formula is C15H22N2O3S2. The zero-order valence-electron chi connectivity index (χ0n) is 13.0. The van der Waals surface area contributed by atoms with E-state index in [2.05, 4.69) is 10.0 Å². The molecule has 0 aliphatic heterocycles. The van der Waals surface area contributed by atoms with Crippen LogP contribution in [0.1, 0.15) is 25.3 Å². The first-order chi connectivity index (χ1) is 10.3. The Hall–Kier alpha value is -1.05. The number of carbonyl (C=O) groups is 1. The van der Waals surface area contributed by atoms with Gasteiger partial charge in [0.05, 0.1) is 4.90 Å². The van der Waals surface area contributed by atoms with Crippen LogP contribution in [0.25, 0.3) is 0 Å². The van der Waals surface area contributed by atoms with Crippen molar-refractivity contribution in [1.29, 1.82) is 0 Å². The molecule has 0 saturated heterocycles. The lowest BCUT2D eigenvalue weighted by molar-refractivity contribution is -0.118. The second-order valence-electron chi connectivity index (χ2n) is 5.67. The molecule has 0 bridgehead atoms. The van der Waals surface area contributed by atoms with E-state index in [4.69, 9.17) is 0 Å². The predicted molar refractivity (Wildman–Crippen MR) is 90.7 cm³/mol. The largest absolute Gasteiger partial charge is 0.326 e. The third-order valence-corrected chi connectivity index (χ3v) is 6.09. The summed E-state index contributed by atoms with van der Waals surface area (Å²) in [5, 5.41) is 2.83. The number of anilines is 1. The third kappa shape index (κ3) is 4.24. The van der Waals surface area contributed by atoms with Crippen LogP contribution in [0.2, 0.25) is 0 Å². The molecule has 1 aromatic carbocycles. The lowest BCUT2D eigenvalue weighted by Gasteiger charge is -2.15. The van der Waals surface area contributed by atoms with Crippen molar-refractivity contribution in [2.75, 3.05) is 17.3 Å². The lowest BCUT2D eigenvalue weighted by atomic mass is 10.1. The molecule has 0 radical (unpaired) electrons. The molecule has 0 aromatic heterocycles. The van der Waals surface area contributed by atoms with E-state index in [1.54, 1.807) is 36.9 Å². The molecule has 1 atom stereocenters. The zero-order chi connectivity index (χ0) is 16.3. The maximum atomic E-state index is 12.4. The highest BCUT2D eigenvalue weighted by molar-refractivity contribution is 7.98. The number of thioether (sulfide) groups is 1. The summed E-state index contributed by atoms with van der Waals surface area (Å²) in [6.45, 7) is 3.58. The Balaban J connectivity index is 2.20. The summed E-state index contributed by atoms with van der Waals surface area (Å²) in [5.41, 5.74) is 1.12. The molecule has 1 fully saturated rings. The number of benzene rings is 1. The van der Waals surface area contributed by atoms with Crippen LogP contribution in [0.15, 0.2) is 23.1 Å². The van der Waals surface area contributed by atoms with Gasteiger partial charge in [-0.2, -0.15) is 11.8 Å². The van der Waals surface area contributed by atoms with Crippen molar-refractivity contribution in [3.05, 3.63) is 23.8 Å². The molecule has 22 heavy (non-hydrogen) atoms. The Labute approximate surface area is 136 Å². The average Bonchev–Trinajstić information content (AvgIpc) is 3.24. The van der Waals surface area contributed by atoms with Gasteiger partial charge in [0.25, 0.3) is 0 Å². The molecule has 1 unspecified atom stereocenters. The molecule has 122 valence electrons. The number of amides is 1. The minimum absolute atomic E-state index is 0.0595. The van der Waals surface area contributed by atoms with Gasteiger partial charge in [-0.05, 0) is 43.7 Å². The fourth-order valence-electron chi connectivity index (χ4n) is 2.11. The summed E-state index contributed by atoms with van der Waals surface area (Å²) in [4.78, 5) is 12.3. The smallest absolute Gasteiger partial charge is 0.241 e. The van der Waals surface area contributed by atoms with E-state index in [1.807, 2.05) is 13.2 Å². The maximum Gasteiger partial charge on any atom is 0.241 e. The first-order valence-electron chi connectivity index (χ1n) is 7.27. The highest BCUT2D eigenvalue weighted by Gasteiger charge is 2.29. The lowest BCUT2D eigenvalue weighted by Crippen LogP contribution is -2.27. The van der Waals surface area contributed by atoms with Crippen LogP contribution < -0.4 is 10.0 Å². The Morgan fingerprint density at radius 2 is 2.09 bits per heavy atom. The van der Waals surface area contributed by atoms with E-state index < -0.39 is 10.0 Å². The predicted octanol–water partition coefficient (Wildman–Crippen LogP) is 2.37. The molecule has 1 aromatic rings. The van der Waals surface area contributed by atoms with Gasteiger partial charge in [-0.3, -0.25) is 4.79 Å². The fourth-order valence-corrected chi connectivity index (χ4v) is 4.33. The van der Waals surface area contributed by atoms with E-state index in [0.717, 1.165) is 18.6 Å². The maximum absolute atomic E-state index is 12.4. The molecule has 0 spiro atoms. The second-order valence-corrected chi connectivity index (χ2v) is 8.26. The van der Waals surface area contributed by atoms with Gasteiger partial charge < -0.3 is 5.32 Å². The number of carbonyl (C=O) groups excluding carboxylic acids is 1. The monoisotopic (exact) mass is 342 g/mol. The third-order valence-electron chi connectivity index (χ3n) is 3.59. The van der Waals surface area contributed by atoms with Crippen molar-refractivity contribution in [2.45, 2.75) is 37.6 Å². The second kappa shape index (κ2) is 7.02. The Morgan fingerprint density at radius 1 is 1.41 bits per heavy atom. The SMILES string of the molecule is CSCC(C)C(=O)Nc1cccc(S(=O)(=O)NC2CC2)c1C. The van der Waals surface area contributed by atoms with Gasteiger partial charge in [-0.25, -0.2) is 13.1 Å². The molecule has 0 heterocycles. The first-order valence-corrected chi connectivity index (χ1v) is 10.1. The molecule has 5 nitrogen and oxygen atoms in total. The quantitative estimate of drug-likeness (QED) is 0.798. The molecule has 1 aliphatic rings. The van der Waals surface area contributed by atoms with E-state index in [9.17, 15) is 13.2 Å². The highest BCUT2D eigenvalue weighted by Crippen LogP contribution is 2.27. The molecule has 7 heteroatoms. The number of nitrogens with one attached hydrogen (secondary N) is 2. The van der Waals surface area contributed by atoms with Crippen LogP contribution in [0.4, 0.5) is 5.69 Å². The Morgan fingerprint density at radius 3 is 2.68 bits per heavy atom. The summed E-state index contributed by atoms with van der Waals surface area (Å²) in [7, 11) is -3.52. The van der Waals surface area contributed by atoms with Gasteiger partial charge in [0.1, 0.15) is 0 Å². The topological polar surface area (TPSA) is 75.3 Å². The van der Waals surface area contributed by atoms with Gasteiger partial charge in [-0.15, -0.1) is 0 Å². The van der Waals surface area contributed by atoms with E-state index in [1.165, 1.54) is 0 Å². The van der Waals surface area contributed by atoms with Gasteiger partial charge >= 0.3 is 0 Å². The van der Waals surface area contributed by atoms with E-state index in [-0.39, 0.29) is 22.8 Å². The van der Waals surface area contributed by atoms with E-state index >= 15 is 0 Å². The standard InChI is InChI=1S/C15H22N2O3S2/c1-10(9-21-3)15(18)16-13-5-4-6-14(11(13)2)22(19,20)17-12-7-8-12/h4-6,10,12,17H,7-9H2,1-3H3,(H,16,18). The minimum Gasteiger partial charge on any atom is -0.326 e. The van der Waals surface area contributed by atoms with Crippen LogP contribution in [0.5, 0.6) is 0 Å². The minimum atomic E-state index is -3.52. The summed E-state index contributed by atoms with van der Waals surface area (Å²) < 4.78 is 27.4. The molecular weight excluding hydrogens is 320 g/mol. The van der Waals surface area contributed by atoms with Crippen molar-refractivity contribution in [3.63, 3.8) is 0 Å². The molecule has 1 saturated carbocycles. The van der Waals surface area contributed by atoms with Crippen molar-refractivity contribution in [1.82, 2.24) is 4.72 Å². The van der Waals surface area contributed by atoms with Crippen molar-refractivity contribution in [3.8, 4) is 0 Å². The highest BCUT2D eigenvalue weighted by atomic mass is 32.2. The zero-order valence-corrected chi connectivity index (χ0v) is 14.7. The van der Waals surface area contributed by atoms with Crippen LogP contribution in [0, 0.1) is 12.8 Å². The van der Waals surface area contributed by atoms with Crippen molar-refractivity contribution < 1.29 is 13.2 Å². The van der Waals surface area contributed by atoms with Crippen molar-refractivity contribution in [2.24, 2.45) is 5.92 Å². The molecule has 1 aliphatic carbocycles. The normalized spacial score (nSPS) is 16.3. The first kappa shape index (κ1) is 17.3. The Bertz CT molecular complexity index is 655. The number of hydrogen-bond donors (Lipinski definition) is 2. The van der Waals surface area contributed by atoms with Crippen LogP contribution in [-0.2, 0) is 14.8 Å². The van der Waals surface area contributed by atoms with Crippen LogP contribution in [0.3, 0.4) is 0 Å².